The molecule has 2 atom stereocenters. The van der Waals surface area contributed by atoms with E-state index in [0.29, 0.717) is 19.0 Å². The molecule has 3 aliphatic heterocycles. The van der Waals surface area contributed by atoms with Gasteiger partial charge < -0.3 is 14.5 Å². The van der Waals surface area contributed by atoms with Crippen LogP contribution in [0.25, 0.3) is 0 Å². The van der Waals surface area contributed by atoms with Crippen molar-refractivity contribution in [3.8, 4) is 5.75 Å². The van der Waals surface area contributed by atoms with Crippen molar-refractivity contribution in [2.24, 2.45) is 11.8 Å². The van der Waals surface area contributed by atoms with E-state index in [2.05, 4.69) is 16.8 Å². The van der Waals surface area contributed by atoms with Gasteiger partial charge in [0.1, 0.15) is 16.7 Å². The van der Waals surface area contributed by atoms with Gasteiger partial charge in [-0.25, -0.2) is 8.51 Å². The van der Waals surface area contributed by atoms with Crippen LogP contribution in [0.1, 0.15) is 49.7 Å². The lowest BCUT2D eigenvalue weighted by molar-refractivity contribution is -0.130. The Morgan fingerprint density at radius 2 is 1.58 bits per heavy atom. The molecule has 202 valence electrons. The number of benzene rings is 1. The minimum atomic E-state index is -1.30. The second-order valence-electron chi connectivity index (χ2n) is 11.2. The Hall–Kier alpha value is -1.48. The third kappa shape index (κ3) is 6.50. The monoisotopic (exact) mass is 518 g/mol. The molecule has 0 bridgehead atoms. The molecule has 0 saturated carbocycles. The topological polar surface area (TPSA) is 56.3 Å². The number of likely N-dealkylation sites (tertiary alicyclic amines) is 3. The summed E-state index contributed by atoms with van der Waals surface area (Å²) in [5.74, 6) is 2.77. The zero-order chi connectivity index (χ0) is 25.8. The van der Waals surface area contributed by atoms with Crippen LogP contribution in [0, 0.1) is 25.7 Å². The summed E-state index contributed by atoms with van der Waals surface area (Å²) >= 11 is 0. The second kappa shape index (κ2) is 12.4. The first-order valence-corrected chi connectivity index (χ1v) is 14.9. The fourth-order valence-corrected chi connectivity index (χ4v) is 7.71. The van der Waals surface area contributed by atoms with Crippen LogP contribution in [0.2, 0.25) is 0 Å². The van der Waals surface area contributed by atoms with E-state index in [1.807, 2.05) is 37.9 Å². The van der Waals surface area contributed by atoms with Crippen molar-refractivity contribution >= 4 is 16.9 Å². The number of carbonyl (C=O) groups excluding carboxylic acids is 1. The van der Waals surface area contributed by atoms with Gasteiger partial charge in [-0.1, -0.05) is 0 Å². The molecule has 4 rings (SSSR count). The molecular weight excluding hydrogens is 472 g/mol. The van der Waals surface area contributed by atoms with Gasteiger partial charge in [-0.15, -0.1) is 0 Å². The summed E-state index contributed by atoms with van der Waals surface area (Å²) in [6.07, 6.45) is 6.85. The average molecular weight is 519 g/mol. The van der Waals surface area contributed by atoms with Gasteiger partial charge >= 0.3 is 0 Å². The van der Waals surface area contributed by atoms with E-state index in [4.69, 9.17) is 4.74 Å². The Kier molecular flexibility index (Phi) is 9.47. The number of aryl methyl sites for hydroxylation is 2. The molecule has 0 radical (unpaired) electrons. The highest BCUT2D eigenvalue weighted by Gasteiger charge is 2.35. The molecule has 0 N–H and O–H groups in total. The Morgan fingerprint density at radius 3 is 2.17 bits per heavy atom. The number of nitrogens with zero attached hydrogens (tertiary/aromatic N) is 4. The van der Waals surface area contributed by atoms with Gasteiger partial charge in [0.15, 0.2) is 0 Å². The quantitative estimate of drug-likeness (QED) is 0.529. The second-order valence-corrected chi connectivity index (χ2v) is 12.8. The van der Waals surface area contributed by atoms with Crippen molar-refractivity contribution in [2.75, 3.05) is 67.0 Å². The van der Waals surface area contributed by atoms with Crippen LogP contribution in [-0.2, 0) is 15.8 Å². The Morgan fingerprint density at radius 1 is 1.00 bits per heavy atom. The molecule has 1 aromatic rings. The van der Waals surface area contributed by atoms with Crippen LogP contribution in [0.15, 0.2) is 17.0 Å². The first-order valence-electron chi connectivity index (χ1n) is 13.8. The molecule has 0 spiro atoms. The van der Waals surface area contributed by atoms with Crippen molar-refractivity contribution < 1.29 is 13.7 Å². The Balaban J connectivity index is 1.21. The zero-order valence-electron chi connectivity index (χ0n) is 23.0. The summed E-state index contributed by atoms with van der Waals surface area (Å²) in [6.45, 7) is 11.0. The molecular formula is C28H46N4O3S. The van der Waals surface area contributed by atoms with Crippen molar-refractivity contribution in [1.82, 2.24) is 19.0 Å². The van der Waals surface area contributed by atoms with Crippen molar-refractivity contribution in [3.63, 3.8) is 0 Å². The fraction of sp³-hybridized carbons (Fsp3) is 0.750. The normalized spacial score (nSPS) is 23.9. The number of hydrogen-bond acceptors (Lipinski definition) is 5. The molecule has 0 aromatic heterocycles. The van der Waals surface area contributed by atoms with Crippen LogP contribution >= 0.6 is 0 Å². The Bertz CT molecular complexity index is 902. The van der Waals surface area contributed by atoms with Crippen molar-refractivity contribution in [3.05, 3.63) is 23.3 Å². The first kappa shape index (κ1) is 27.6. The Labute approximate surface area is 220 Å². The van der Waals surface area contributed by atoms with E-state index >= 15 is 0 Å². The predicted molar refractivity (Wildman–Crippen MR) is 146 cm³/mol. The average Bonchev–Trinajstić information content (AvgIpc) is 3.37. The van der Waals surface area contributed by atoms with Gasteiger partial charge in [0.05, 0.1) is 12.0 Å². The summed E-state index contributed by atoms with van der Waals surface area (Å²) in [5.41, 5.74) is 1.90. The summed E-state index contributed by atoms with van der Waals surface area (Å²) in [7, 11) is 4.42. The highest BCUT2D eigenvalue weighted by atomic mass is 32.2. The minimum Gasteiger partial charge on any atom is -0.497 e. The van der Waals surface area contributed by atoms with Crippen molar-refractivity contribution in [2.45, 2.75) is 63.3 Å². The molecule has 2 unspecified atom stereocenters. The van der Waals surface area contributed by atoms with Crippen molar-refractivity contribution in [1.29, 1.82) is 0 Å². The van der Waals surface area contributed by atoms with Crippen LogP contribution in [-0.4, -0.2) is 102 Å². The number of carbonyl (C=O) groups is 1. The van der Waals surface area contributed by atoms with Gasteiger partial charge in [-0.05, 0) is 114 Å². The van der Waals surface area contributed by atoms with Gasteiger partial charge in [-0.2, -0.15) is 0 Å². The SMILES string of the molecule is COc1cc(C)c(S(=O)N(C)CCC(=O)N2CCC(N3CCC(C4CCN(C)CC4)CC3)C2)c(C)c1. The number of hydrogen-bond donors (Lipinski definition) is 0. The number of rotatable bonds is 8. The summed E-state index contributed by atoms with van der Waals surface area (Å²) in [4.78, 5) is 21.0. The molecule has 7 nitrogen and oxygen atoms in total. The lowest BCUT2D eigenvalue weighted by Crippen LogP contribution is -2.45. The van der Waals surface area contributed by atoms with Gasteiger partial charge in [0.2, 0.25) is 5.91 Å². The maximum Gasteiger partial charge on any atom is 0.223 e. The van der Waals surface area contributed by atoms with Gasteiger partial charge in [-0.3, -0.25) is 9.69 Å². The largest absolute Gasteiger partial charge is 0.497 e. The molecule has 8 heteroatoms. The number of amides is 1. The fourth-order valence-electron chi connectivity index (χ4n) is 6.48. The van der Waals surface area contributed by atoms with E-state index in [-0.39, 0.29) is 5.91 Å². The van der Waals surface area contributed by atoms with Crippen LogP contribution in [0.5, 0.6) is 5.75 Å². The third-order valence-electron chi connectivity index (χ3n) is 8.80. The van der Waals surface area contributed by atoms with E-state index in [9.17, 15) is 9.00 Å². The highest BCUT2D eigenvalue weighted by molar-refractivity contribution is 7.82. The van der Waals surface area contributed by atoms with E-state index in [1.54, 1.807) is 11.4 Å². The third-order valence-corrected chi connectivity index (χ3v) is 10.5. The molecule has 1 aromatic carbocycles. The lowest BCUT2D eigenvalue weighted by Gasteiger charge is -2.41. The maximum atomic E-state index is 13.2. The summed E-state index contributed by atoms with van der Waals surface area (Å²) in [6, 6.07) is 4.34. The maximum absolute atomic E-state index is 13.2. The number of methoxy groups -OCH3 is 1. The standard InChI is InChI=1S/C28H46N4O3S/c1-21-18-26(35-5)19-22(2)28(21)36(34)30(4)14-11-27(33)32-17-10-25(20-32)31-15-8-24(9-16-31)23-6-12-29(3)13-7-23/h18-19,23-25H,6-17,20H2,1-5H3. The van der Waals surface area contributed by atoms with Gasteiger partial charge in [0.25, 0.3) is 0 Å². The minimum absolute atomic E-state index is 0.186. The molecule has 3 aliphatic rings. The molecule has 3 fully saturated rings. The molecule has 1 amide bonds. The molecule has 3 heterocycles. The van der Waals surface area contributed by atoms with E-state index in [0.717, 1.165) is 53.1 Å². The lowest BCUT2D eigenvalue weighted by atomic mass is 9.78. The van der Waals surface area contributed by atoms with Gasteiger partial charge in [0, 0.05) is 39.1 Å². The molecule has 3 saturated heterocycles. The number of ether oxygens (including phenoxy) is 1. The van der Waals surface area contributed by atoms with Crippen LogP contribution in [0.4, 0.5) is 0 Å². The number of piperidine rings is 2. The first-order chi connectivity index (χ1) is 17.3. The zero-order valence-corrected chi connectivity index (χ0v) is 23.8. The van der Waals surface area contributed by atoms with Crippen LogP contribution in [0.3, 0.4) is 0 Å². The van der Waals surface area contributed by atoms with E-state index < -0.39 is 11.0 Å². The molecule has 0 aliphatic carbocycles. The summed E-state index contributed by atoms with van der Waals surface area (Å²) < 4.78 is 20.3. The molecule has 36 heavy (non-hydrogen) atoms. The summed E-state index contributed by atoms with van der Waals surface area (Å²) in [5, 5.41) is 0. The van der Waals surface area contributed by atoms with E-state index in [1.165, 1.54) is 51.9 Å². The smallest absolute Gasteiger partial charge is 0.223 e. The highest BCUT2D eigenvalue weighted by Crippen LogP contribution is 2.33. The van der Waals surface area contributed by atoms with Crippen LogP contribution < -0.4 is 4.74 Å². The predicted octanol–water partition coefficient (Wildman–Crippen LogP) is 3.31.